The van der Waals surface area contributed by atoms with E-state index in [1.165, 1.54) is 12.1 Å². The first-order valence-electron chi connectivity index (χ1n) is 10.0. The molecule has 3 aromatic carbocycles. The van der Waals surface area contributed by atoms with E-state index in [4.69, 9.17) is 0 Å². The summed E-state index contributed by atoms with van der Waals surface area (Å²) in [5, 5.41) is 21.1. The van der Waals surface area contributed by atoms with E-state index in [-0.39, 0.29) is 16.6 Å². The minimum Gasteiger partial charge on any atom is -0.733 e. The van der Waals surface area contributed by atoms with Gasteiger partial charge in [-0.2, -0.15) is 0 Å². The first-order valence-corrected chi connectivity index (χ1v) is 11.6. The molecule has 4 aliphatic rings. The third kappa shape index (κ3) is 2.16. The molecule has 3 aromatic rings. The Morgan fingerprint density at radius 3 is 1.53 bits per heavy atom. The van der Waals surface area contributed by atoms with Gasteiger partial charge in [0.05, 0.1) is 31.9 Å². The second-order valence-corrected chi connectivity index (χ2v) is 10.7. The Labute approximate surface area is 200 Å². The smallest absolute Gasteiger partial charge is 0.239 e. The van der Waals surface area contributed by atoms with Crippen LogP contribution < -0.4 is 10.1 Å². The van der Waals surface area contributed by atoms with E-state index in [0.29, 0.717) is 0 Å². The fraction of sp³-hybridized carbons (Fsp3) is 0.167. The number of amides is 2. The van der Waals surface area contributed by atoms with Gasteiger partial charge in [0.2, 0.25) is 11.8 Å². The van der Waals surface area contributed by atoms with Crippen molar-refractivity contribution < 1.29 is 14.8 Å². The maximum absolute atomic E-state index is 13.9. The first kappa shape index (κ1) is 20.1. The summed E-state index contributed by atoms with van der Waals surface area (Å²) < 4.78 is -1.82. The average Bonchev–Trinajstić information content (AvgIpc) is 3.08. The van der Waals surface area contributed by atoms with Crippen LogP contribution in [-0.4, -0.2) is 17.0 Å². The van der Waals surface area contributed by atoms with Gasteiger partial charge in [-0.25, -0.2) is 4.90 Å². The normalized spacial score (nSPS) is 29.6. The molecule has 0 radical (unpaired) electrons. The third-order valence-electron chi connectivity index (χ3n) is 6.91. The molecule has 1 heterocycles. The standard InChI is InChI=1S/C24H15Br2N2O4/c25-23-13-7-1-2-8-14(13)24(26,16-10-4-3-9-15(16)23)20-19(23)21(29)27(22(20)30)17-11-5-6-12-18(17)28(31)32/h1-12,19-20,31H/q-1/t19-,20+,23?,24?. The van der Waals surface area contributed by atoms with Crippen LogP contribution in [-0.2, 0) is 18.2 Å². The van der Waals surface area contributed by atoms with Gasteiger partial charge in [0, 0.05) is 0 Å². The van der Waals surface area contributed by atoms with Crippen LogP contribution >= 0.6 is 31.9 Å². The quantitative estimate of drug-likeness (QED) is 0.280. The fourth-order valence-corrected chi connectivity index (χ4v) is 8.02. The molecule has 1 fully saturated rings. The van der Waals surface area contributed by atoms with E-state index in [2.05, 4.69) is 31.9 Å². The van der Waals surface area contributed by atoms with Gasteiger partial charge in [-0.15, -0.1) is 0 Å². The minimum atomic E-state index is -0.910. The predicted molar refractivity (Wildman–Crippen MR) is 126 cm³/mol. The summed E-state index contributed by atoms with van der Waals surface area (Å²) in [5.74, 6) is -2.32. The van der Waals surface area contributed by atoms with E-state index in [1.54, 1.807) is 12.1 Å². The average molecular weight is 555 g/mol. The van der Waals surface area contributed by atoms with Crippen molar-refractivity contribution in [3.8, 4) is 0 Å². The highest BCUT2D eigenvalue weighted by atomic mass is 79.9. The van der Waals surface area contributed by atoms with E-state index < -0.39 is 32.3 Å². The molecular weight excluding hydrogens is 540 g/mol. The molecule has 8 heteroatoms. The topological polar surface area (TPSA) is 83.9 Å². The van der Waals surface area contributed by atoms with Crippen molar-refractivity contribution in [2.24, 2.45) is 11.8 Å². The van der Waals surface area contributed by atoms with Crippen LogP contribution in [0.1, 0.15) is 22.3 Å². The number of carbonyl (C=O) groups is 2. The van der Waals surface area contributed by atoms with Crippen LogP contribution in [0.25, 0.3) is 0 Å². The molecule has 0 spiro atoms. The number of imide groups is 1. The summed E-state index contributed by atoms with van der Waals surface area (Å²) in [6, 6.07) is 21.7. The van der Waals surface area contributed by atoms with Gasteiger partial charge < -0.3 is 10.4 Å². The largest absolute Gasteiger partial charge is 0.733 e. The van der Waals surface area contributed by atoms with Crippen LogP contribution in [0, 0.1) is 17.0 Å². The monoisotopic (exact) mass is 553 g/mol. The Bertz CT molecular complexity index is 1200. The second-order valence-electron chi connectivity index (χ2n) is 8.24. The zero-order valence-electron chi connectivity index (χ0n) is 16.4. The van der Waals surface area contributed by atoms with Gasteiger partial charge in [0.15, 0.2) is 0 Å². The van der Waals surface area contributed by atoms with Crippen molar-refractivity contribution in [1.82, 2.24) is 0 Å². The van der Waals surface area contributed by atoms with Crippen molar-refractivity contribution in [2.45, 2.75) is 8.65 Å². The number of hydrogen-bond donors (Lipinski definition) is 1. The predicted octanol–water partition coefficient (Wildman–Crippen LogP) is 4.79. The molecular formula is C24H15Br2N2O4-. The summed E-state index contributed by atoms with van der Waals surface area (Å²) in [7, 11) is 0. The van der Waals surface area contributed by atoms with Crippen LogP contribution in [0.15, 0.2) is 72.8 Å². The Morgan fingerprint density at radius 2 is 1.12 bits per heavy atom. The second kappa shape index (κ2) is 6.51. The van der Waals surface area contributed by atoms with Gasteiger partial charge in [-0.05, 0) is 34.4 Å². The molecule has 1 N–H and O–H groups in total. The molecule has 7 rings (SSSR count). The number of nitrogens with zero attached hydrogens (tertiary/aromatic N) is 2. The Kier molecular flexibility index (Phi) is 4.09. The van der Waals surface area contributed by atoms with Crippen molar-refractivity contribution in [1.29, 1.82) is 0 Å². The van der Waals surface area contributed by atoms with E-state index in [9.17, 15) is 20.0 Å². The maximum atomic E-state index is 13.9. The number of rotatable bonds is 2. The molecule has 0 unspecified atom stereocenters. The Morgan fingerprint density at radius 1 is 0.750 bits per heavy atom. The molecule has 6 nitrogen and oxygen atoms in total. The molecule has 1 saturated heterocycles. The molecule has 32 heavy (non-hydrogen) atoms. The summed E-state index contributed by atoms with van der Waals surface area (Å²) >= 11 is 7.87. The van der Waals surface area contributed by atoms with Gasteiger partial charge >= 0.3 is 0 Å². The number of carbonyl (C=O) groups excluding carboxylic acids is 2. The van der Waals surface area contributed by atoms with Gasteiger partial charge in [-0.1, -0.05) is 92.5 Å². The molecule has 3 aliphatic carbocycles. The van der Waals surface area contributed by atoms with Crippen LogP contribution in [0.5, 0.6) is 0 Å². The molecule has 2 atom stereocenters. The molecule has 1 aliphatic heterocycles. The highest BCUT2D eigenvalue weighted by Gasteiger charge is 2.72. The number of alkyl halides is 2. The summed E-state index contributed by atoms with van der Waals surface area (Å²) in [5.41, 5.74) is 3.62. The van der Waals surface area contributed by atoms with Crippen molar-refractivity contribution in [3.63, 3.8) is 0 Å². The number of para-hydroxylation sites is 2. The SMILES string of the molecule is O=C1[C@@H]2[C@H](C(=O)N1c1ccccc1N([O-])O)C1(Br)c3ccccc3C2(Br)c2ccccc21. The summed E-state index contributed by atoms with van der Waals surface area (Å²) in [4.78, 5) is 28.9. The van der Waals surface area contributed by atoms with Gasteiger partial charge in [0.25, 0.3) is 0 Å². The number of anilines is 2. The van der Waals surface area contributed by atoms with Gasteiger partial charge in [0.1, 0.15) is 0 Å². The zero-order valence-corrected chi connectivity index (χ0v) is 19.6. The highest BCUT2D eigenvalue weighted by molar-refractivity contribution is 9.10. The molecule has 2 amide bonds. The zero-order chi connectivity index (χ0) is 22.4. The molecule has 2 bridgehead atoms. The number of halogens is 2. The molecule has 0 aromatic heterocycles. The van der Waals surface area contributed by atoms with E-state index >= 15 is 0 Å². The van der Waals surface area contributed by atoms with Crippen molar-refractivity contribution in [2.75, 3.05) is 10.1 Å². The lowest BCUT2D eigenvalue weighted by Crippen LogP contribution is -2.56. The lowest BCUT2D eigenvalue weighted by molar-refractivity contribution is -0.122. The number of hydrogen-bond acceptors (Lipinski definition) is 5. The van der Waals surface area contributed by atoms with Crippen molar-refractivity contribution in [3.05, 3.63) is 100 Å². The van der Waals surface area contributed by atoms with Crippen molar-refractivity contribution >= 4 is 55.0 Å². The van der Waals surface area contributed by atoms with Crippen LogP contribution in [0.2, 0.25) is 0 Å². The Balaban J connectivity index is 1.65. The van der Waals surface area contributed by atoms with Crippen LogP contribution in [0.3, 0.4) is 0 Å². The summed E-state index contributed by atoms with van der Waals surface area (Å²) in [6.07, 6.45) is 0. The third-order valence-corrected chi connectivity index (χ3v) is 9.61. The van der Waals surface area contributed by atoms with Gasteiger partial charge in [-0.3, -0.25) is 14.8 Å². The lowest BCUT2D eigenvalue weighted by atomic mass is 9.54. The van der Waals surface area contributed by atoms with E-state index in [1.807, 2.05) is 48.5 Å². The Hall–Kier alpha value is -2.52. The number of benzene rings is 3. The highest BCUT2D eigenvalue weighted by Crippen LogP contribution is 2.71. The fourth-order valence-electron chi connectivity index (χ4n) is 5.72. The molecule has 0 saturated carbocycles. The summed E-state index contributed by atoms with van der Waals surface area (Å²) in [6.45, 7) is 0. The first-order chi connectivity index (χ1) is 15.3. The van der Waals surface area contributed by atoms with Crippen LogP contribution in [0.4, 0.5) is 11.4 Å². The maximum Gasteiger partial charge on any atom is 0.239 e. The van der Waals surface area contributed by atoms with E-state index in [0.717, 1.165) is 27.2 Å². The molecule has 160 valence electrons. The lowest BCUT2D eigenvalue weighted by Gasteiger charge is -2.55. The minimum absolute atomic E-state index is 0.0640.